The van der Waals surface area contributed by atoms with Crippen LogP contribution in [0.4, 0.5) is 0 Å². The number of carboxylic acids is 1. The van der Waals surface area contributed by atoms with E-state index >= 15 is 0 Å². The summed E-state index contributed by atoms with van der Waals surface area (Å²) in [6.45, 7) is 2.91. The van der Waals surface area contributed by atoms with Crippen LogP contribution in [0.5, 0.6) is 0 Å². The Morgan fingerprint density at radius 3 is 1.87 bits per heavy atom. The topological polar surface area (TPSA) is 74.3 Å². The maximum absolute atomic E-state index is 11.0. The summed E-state index contributed by atoms with van der Waals surface area (Å²) in [6, 6.07) is 6.97. The molecular weight excluding hydrogens is 405 g/mol. The van der Waals surface area contributed by atoms with Gasteiger partial charge >= 0.3 is 81.0 Å². The van der Waals surface area contributed by atoms with Crippen LogP contribution in [-0.4, -0.2) is 14.4 Å². The van der Waals surface area contributed by atoms with Crippen LogP contribution < -0.4 is 5.11 Å². The Kier molecular flexibility index (Phi) is 6.05. The molecule has 0 amide bonds. The molecule has 1 aromatic carbocycles. The van der Waals surface area contributed by atoms with Crippen molar-refractivity contribution in [3.8, 4) is 0 Å². The number of hydrogen-bond donors (Lipinski definition) is 0. The van der Waals surface area contributed by atoms with Crippen molar-refractivity contribution < 1.29 is 42.9 Å². The number of benzene rings is 1. The molecule has 6 heteroatoms. The summed E-state index contributed by atoms with van der Waals surface area (Å²) in [5.41, 5.74) is 1.09. The summed E-state index contributed by atoms with van der Waals surface area (Å²) in [5, 5.41) is 8.89. The number of hydrogen-bond acceptors (Lipinski definition) is 4. The van der Waals surface area contributed by atoms with E-state index in [9.17, 15) is 8.42 Å². The first-order chi connectivity index (χ1) is 6.73. The molecule has 1 rings (SSSR count). The van der Waals surface area contributed by atoms with Crippen LogP contribution in [0, 0.1) is 6.92 Å². The van der Waals surface area contributed by atoms with Gasteiger partial charge in [-0.1, -0.05) is 0 Å². The van der Waals surface area contributed by atoms with Crippen molar-refractivity contribution in [2.75, 3.05) is 0 Å². The molecule has 0 heterocycles. The van der Waals surface area contributed by atoms with Gasteiger partial charge in [0.15, 0.2) is 0 Å². The Bertz CT molecular complexity index is 418. The van der Waals surface area contributed by atoms with Crippen LogP contribution >= 0.6 is 0 Å². The third kappa shape index (κ3) is 7.50. The third-order valence-corrected chi connectivity index (χ3v) is 6.26. The van der Waals surface area contributed by atoms with Gasteiger partial charge in [0.05, 0.1) is 0 Å². The maximum atomic E-state index is 11.0. The Morgan fingerprint density at radius 2 is 1.60 bits per heavy atom. The molecule has 0 aliphatic rings. The standard InChI is InChI=1S/C7H7O2S.C2H4O2.Hg/c1-6-2-4-7(5-3-6)10(8)9;1-2(3)4;/h2-5H,1H3;1H3,(H,3,4);/q;;+1/p-1. The monoisotopic (exact) mass is 416 g/mol. The number of carbonyl (C=O) groups excluding carboxylic acids is 1. The Hall–Kier alpha value is -0.425. The van der Waals surface area contributed by atoms with Gasteiger partial charge in [0.25, 0.3) is 0 Å². The molecular formula is C9H10HgO4S. The summed E-state index contributed by atoms with van der Waals surface area (Å²) in [7, 11) is 0. The van der Waals surface area contributed by atoms with Gasteiger partial charge in [-0.25, -0.2) is 0 Å². The van der Waals surface area contributed by atoms with Crippen LogP contribution in [-0.2, 0) is 35.7 Å². The van der Waals surface area contributed by atoms with Gasteiger partial charge in [-0.15, -0.1) is 0 Å². The van der Waals surface area contributed by atoms with E-state index in [1.165, 1.54) is 0 Å². The molecule has 78 valence electrons. The Morgan fingerprint density at radius 1 is 1.27 bits per heavy atom. The second kappa shape index (κ2) is 6.22. The molecule has 15 heavy (non-hydrogen) atoms. The first kappa shape index (κ1) is 14.6. The number of carboxylic acid groups (broad SMARTS) is 1. The van der Waals surface area contributed by atoms with Crippen molar-refractivity contribution in [3.05, 3.63) is 29.8 Å². The molecule has 1 aromatic rings. The van der Waals surface area contributed by atoms with Crippen LogP contribution in [0.15, 0.2) is 29.2 Å². The van der Waals surface area contributed by atoms with E-state index in [2.05, 4.69) is 0 Å². The summed E-state index contributed by atoms with van der Waals surface area (Å²) >= 11 is -0.222. The molecule has 0 aliphatic carbocycles. The minimum atomic E-state index is -2.83. The molecule has 0 fully saturated rings. The van der Waals surface area contributed by atoms with E-state index in [0.717, 1.165) is 12.5 Å². The molecule has 0 bridgehead atoms. The molecule has 0 aromatic heterocycles. The fraction of sp³-hybridized carbons (Fsp3) is 0.222. The van der Waals surface area contributed by atoms with Gasteiger partial charge in [-0.2, -0.15) is 0 Å². The average Bonchev–Trinajstić information content (AvgIpc) is 2.01. The summed E-state index contributed by atoms with van der Waals surface area (Å²) < 4.78 is 22.1. The van der Waals surface area contributed by atoms with Crippen LogP contribution in [0.2, 0.25) is 0 Å². The number of rotatable bonds is 1. The number of aliphatic carboxylic acids is 1. The zero-order valence-corrected chi connectivity index (χ0v) is 14.9. The molecule has 0 unspecified atom stereocenters. The van der Waals surface area contributed by atoms with E-state index in [0.29, 0.717) is 4.90 Å². The normalized spacial score (nSPS) is 10.1. The third-order valence-electron chi connectivity index (χ3n) is 1.38. The van der Waals surface area contributed by atoms with E-state index in [-0.39, 0.29) is 24.6 Å². The first-order valence-electron chi connectivity index (χ1n) is 4.06. The van der Waals surface area contributed by atoms with Gasteiger partial charge in [0.1, 0.15) is 0 Å². The average molecular weight is 415 g/mol. The fourth-order valence-electron chi connectivity index (χ4n) is 0.746. The SMILES string of the molecule is CC(=O)[O-].Cc1ccc([S](=O)(=O)[Hg+])cc1. The molecule has 0 saturated carbocycles. The van der Waals surface area contributed by atoms with Crippen LogP contribution in [0.3, 0.4) is 0 Å². The Labute approximate surface area is 103 Å². The zero-order valence-electron chi connectivity index (χ0n) is 8.56. The zero-order chi connectivity index (χ0) is 12.1. The van der Waals surface area contributed by atoms with Crippen molar-refractivity contribution in [3.63, 3.8) is 0 Å². The molecule has 0 aliphatic heterocycles. The van der Waals surface area contributed by atoms with Gasteiger partial charge in [-0.3, -0.25) is 0 Å². The molecule has 4 nitrogen and oxygen atoms in total. The van der Waals surface area contributed by atoms with Crippen molar-refractivity contribution in [1.82, 2.24) is 0 Å². The quantitative estimate of drug-likeness (QED) is 0.606. The Balaban J connectivity index is 0.000000423. The number of aryl methyl sites for hydroxylation is 1. The van der Waals surface area contributed by atoms with Gasteiger partial charge in [0.2, 0.25) is 0 Å². The van der Waals surface area contributed by atoms with E-state index < -0.39 is 12.3 Å². The molecule has 0 spiro atoms. The second-order valence-corrected chi connectivity index (χ2v) is 13.5. The molecule has 0 saturated heterocycles. The van der Waals surface area contributed by atoms with E-state index in [4.69, 9.17) is 9.90 Å². The van der Waals surface area contributed by atoms with Crippen LogP contribution in [0.1, 0.15) is 12.5 Å². The predicted octanol–water partition coefficient (Wildman–Crippen LogP) is -0.0133. The second-order valence-electron chi connectivity index (χ2n) is 2.92. The van der Waals surface area contributed by atoms with Crippen molar-refractivity contribution in [2.24, 2.45) is 0 Å². The summed E-state index contributed by atoms with van der Waals surface area (Å²) in [4.78, 5) is 9.35. The van der Waals surface area contributed by atoms with Gasteiger partial charge in [0, 0.05) is 5.97 Å². The molecule has 0 N–H and O–H groups in total. The van der Waals surface area contributed by atoms with E-state index in [1.54, 1.807) is 12.1 Å². The molecule has 0 atom stereocenters. The fourth-order valence-corrected chi connectivity index (χ4v) is 3.54. The van der Waals surface area contributed by atoms with Crippen molar-refractivity contribution >= 4 is 12.3 Å². The van der Waals surface area contributed by atoms with Gasteiger partial charge in [-0.05, 0) is 6.92 Å². The van der Waals surface area contributed by atoms with Crippen LogP contribution in [0.25, 0.3) is 0 Å². The summed E-state index contributed by atoms with van der Waals surface area (Å²) in [6.07, 6.45) is -2.83. The molecule has 0 radical (unpaired) electrons. The summed E-state index contributed by atoms with van der Waals surface area (Å²) in [5.74, 6) is -1.08. The minimum absolute atomic E-state index is 0.222. The first-order valence-corrected chi connectivity index (χ1v) is 12.4. The van der Waals surface area contributed by atoms with Gasteiger partial charge < -0.3 is 9.90 Å². The van der Waals surface area contributed by atoms with E-state index in [1.807, 2.05) is 19.1 Å². The van der Waals surface area contributed by atoms with Crippen molar-refractivity contribution in [2.45, 2.75) is 18.7 Å². The number of carbonyl (C=O) groups is 1. The van der Waals surface area contributed by atoms with Crippen molar-refractivity contribution in [1.29, 1.82) is 0 Å². The predicted molar refractivity (Wildman–Crippen MR) is 49.0 cm³/mol.